The van der Waals surface area contributed by atoms with Gasteiger partial charge in [0.15, 0.2) is 11.0 Å². The Labute approximate surface area is 213 Å². The van der Waals surface area contributed by atoms with E-state index >= 15 is 0 Å². The van der Waals surface area contributed by atoms with Gasteiger partial charge in [0.05, 0.1) is 18.9 Å². The molecule has 184 valence electrons. The van der Waals surface area contributed by atoms with Crippen LogP contribution in [0.3, 0.4) is 0 Å². The van der Waals surface area contributed by atoms with Gasteiger partial charge in [-0.05, 0) is 42.6 Å². The highest BCUT2D eigenvalue weighted by Crippen LogP contribution is 2.25. The number of allylic oxidation sites excluding steroid dienone is 1. The SMILES string of the molecule is C=CCn1c(SCC(=O)Nc2cccc3ccccc23)nnc1[C@H](C)NC(=O)c1ccc(OC)cc1. The van der Waals surface area contributed by atoms with Crippen molar-refractivity contribution in [1.82, 2.24) is 20.1 Å². The molecule has 0 fully saturated rings. The van der Waals surface area contributed by atoms with E-state index in [1.807, 2.05) is 54.0 Å². The molecule has 1 atom stereocenters. The second-order valence-electron chi connectivity index (χ2n) is 8.03. The number of benzene rings is 3. The Morgan fingerprint density at radius 3 is 2.58 bits per heavy atom. The molecule has 3 aromatic carbocycles. The number of thioether (sulfide) groups is 1. The van der Waals surface area contributed by atoms with Gasteiger partial charge in [-0.1, -0.05) is 54.2 Å². The molecule has 0 saturated carbocycles. The average molecular weight is 502 g/mol. The minimum Gasteiger partial charge on any atom is -0.497 e. The summed E-state index contributed by atoms with van der Waals surface area (Å²) in [5.74, 6) is 1.03. The minimum atomic E-state index is -0.411. The summed E-state index contributed by atoms with van der Waals surface area (Å²) >= 11 is 1.28. The maximum absolute atomic E-state index is 12.7. The van der Waals surface area contributed by atoms with Gasteiger partial charge in [0.25, 0.3) is 5.91 Å². The van der Waals surface area contributed by atoms with Gasteiger partial charge in [-0.3, -0.25) is 9.59 Å². The van der Waals surface area contributed by atoms with Gasteiger partial charge in [-0.15, -0.1) is 16.8 Å². The first kappa shape index (κ1) is 25.0. The monoisotopic (exact) mass is 501 g/mol. The highest BCUT2D eigenvalue weighted by molar-refractivity contribution is 7.99. The molecule has 1 aromatic heterocycles. The molecule has 0 aliphatic carbocycles. The second kappa shape index (κ2) is 11.5. The lowest BCUT2D eigenvalue weighted by molar-refractivity contribution is -0.113. The van der Waals surface area contributed by atoms with Crippen molar-refractivity contribution < 1.29 is 14.3 Å². The Balaban J connectivity index is 1.42. The summed E-state index contributed by atoms with van der Waals surface area (Å²) in [4.78, 5) is 25.4. The van der Waals surface area contributed by atoms with Gasteiger partial charge in [0, 0.05) is 23.2 Å². The summed E-state index contributed by atoms with van der Waals surface area (Å²) in [6, 6.07) is 20.2. The van der Waals surface area contributed by atoms with Crippen LogP contribution in [0.4, 0.5) is 5.69 Å². The number of amides is 2. The minimum absolute atomic E-state index is 0.146. The standard InChI is InChI=1S/C27H27N5O3S/c1-4-16-32-25(18(2)28-26(34)20-12-14-21(35-3)15-13-20)30-31-27(32)36-17-24(33)29-23-11-7-9-19-8-5-6-10-22(19)23/h4-15,18H,1,16-17H2,2-3H3,(H,28,34)(H,29,33)/t18-/m0/s1. The normalized spacial score (nSPS) is 11.6. The number of aromatic nitrogens is 3. The van der Waals surface area contributed by atoms with Crippen LogP contribution < -0.4 is 15.4 Å². The van der Waals surface area contributed by atoms with E-state index in [-0.39, 0.29) is 17.6 Å². The molecule has 0 radical (unpaired) electrons. The Hall–Kier alpha value is -4.11. The number of rotatable bonds is 10. The molecule has 4 rings (SSSR count). The first-order valence-corrected chi connectivity index (χ1v) is 12.4. The largest absolute Gasteiger partial charge is 0.497 e. The lowest BCUT2D eigenvalue weighted by atomic mass is 10.1. The van der Waals surface area contributed by atoms with E-state index < -0.39 is 6.04 Å². The van der Waals surface area contributed by atoms with Crippen LogP contribution in [0.5, 0.6) is 5.75 Å². The van der Waals surface area contributed by atoms with Crippen LogP contribution in [0, 0.1) is 0 Å². The topological polar surface area (TPSA) is 98.1 Å². The molecule has 0 saturated heterocycles. The fourth-order valence-corrected chi connectivity index (χ4v) is 4.52. The van der Waals surface area contributed by atoms with E-state index in [1.54, 1.807) is 37.5 Å². The van der Waals surface area contributed by atoms with E-state index in [9.17, 15) is 9.59 Å². The number of ether oxygens (including phenoxy) is 1. The number of fused-ring (bicyclic) bond motifs is 1. The van der Waals surface area contributed by atoms with Gasteiger partial charge in [0.1, 0.15) is 5.75 Å². The third kappa shape index (κ3) is 5.75. The Kier molecular flexibility index (Phi) is 8.02. The second-order valence-corrected chi connectivity index (χ2v) is 8.97. The zero-order valence-electron chi connectivity index (χ0n) is 20.1. The van der Waals surface area contributed by atoms with Crippen molar-refractivity contribution in [2.24, 2.45) is 0 Å². The fourth-order valence-electron chi connectivity index (χ4n) is 3.77. The van der Waals surface area contributed by atoms with Crippen molar-refractivity contribution in [3.05, 3.63) is 90.8 Å². The molecular formula is C27H27N5O3S. The molecule has 2 amide bonds. The van der Waals surface area contributed by atoms with Crippen LogP contribution in [0.1, 0.15) is 29.1 Å². The first-order chi connectivity index (χ1) is 17.5. The Morgan fingerprint density at radius 1 is 1.08 bits per heavy atom. The van der Waals surface area contributed by atoms with Crippen molar-refractivity contribution in [3.8, 4) is 5.75 Å². The molecule has 1 heterocycles. The number of carbonyl (C=O) groups excluding carboxylic acids is 2. The molecule has 0 unspecified atom stereocenters. The van der Waals surface area contributed by atoms with Crippen molar-refractivity contribution >= 4 is 40.0 Å². The lowest BCUT2D eigenvalue weighted by Crippen LogP contribution is -2.28. The molecule has 9 heteroatoms. The molecule has 36 heavy (non-hydrogen) atoms. The van der Waals surface area contributed by atoms with E-state index in [0.717, 1.165) is 16.5 Å². The predicted molar refractivity (Wildman–Crippen MR) is 142 cm³/mol. The Bertz CT molecular complexity index is 1380. The number of nitrogens with zero attached hydrogens (tertiary/aromatic N) is 3. The Morgan fingerprint density at radius 2 is 1.83 bits per heavy atom. The maximum Gasteiger partial charge on any atom is 0.251 e. The summed E-state index contributed by atoms with van der Waals surface area (Å²) in [6.45, 7) is 6.10. The van der Waals surface area contributed by atoms with Crippen molar-refractivity contribution in [2.75, 3.05) is 18.2 Å². The molecule has 0 bridgehead atoms. The zero-order chi connectivity index (χ0) is 25.5. The number of hydrogen-bond donors (Lipinski definition) is 2. The van der Waals surface area contributed by atoms with E-state index in [2.05, 4.69) is 27.4 Å². The van der Waals surface area contributed by atoms with Gasteiger partial charge in [0.2, 0.25) is 5.91 Å². The molecule has 2 N–H and O–H groups in total. The number of anilines is 1. The van der Waals surface area contributed by atoms with Crippen LogP contribution in [-0.2, 0) is 11.3 Å². The van der Waals surface area contributed by atoms with Gasteiger partial charge in [-0.25, -0.2) is 0 Å². The van der Waals surface area contributed by atoms with E-state index in [4.69, 9.17) is 4.74 Å². The summed E-state index contributed by atoms with van der Waals surface area (Å²) in [5.41, 5.74) is 1.28. The number of carbonyl (C=O) groups is 2. The third-order valence-electron chi connectivity index (χ3n) is 5.54. The van der Waals surface area contributed by atoms with E-state index in [0.29, 0.717) is 28.8 Å². The first-order valence-electron chi connectivity index (χ1n) is 11.4. The molecule has 0 aliphatic rings. The van der Waals surface area contributed by atoms with Crippen molar-refractivity contribution in [3.63, 3.8) is 0 Å². The lowest BCUT2D eigenvalue weighted by Gasteiger charge is -2.15. The fraction of sp³-hybridized carbons (Fsp3) is 0.185. The van der Waals surface area contributed by atoms with Crippen molar-refractivity contribution in [1.29, 1.82) is 0 Å². The number of methoxy groups -OCH3 is 1. The van der Waals surface area contributed by atoms with Crippen LogP contribution in [0.25, 0.3) is 10.8 Å². The molecule has 4 aromatic rings. The smallest absolute Gasteiger partial charge is 0.251 e. The van der Waals surface area contributed by atoms with Crippen LogP contribution >= 0.6 is 11.8 Å². The number of hydrogen-bond acceptors (Lipinski definition) is 6. The third-order valence-corrected chi connectivity index (χ3v) is 6.51. The van der Waals surface area contributed by atoms with E-state index in [1.165, 1.54) is 11.8 Å². The molecule has 0 aliphatic heterocycles. The zero-order valence-corrected chi connectivity index (χ0v) is 20.9. The van der Waals surface area contributed by atoms with Crippen LogP contribution in [-0.4, -0.2) is 39.4 Å². The maximum atomic E-state index is 12.7. The van der Waals surface area contributed by atoms with Gasteiger partial charge in [-0.2, -0.15) is 0 Å². The molecule has 0 spiro atoms. The summed E-state index contributed by atoms with van der Waals surface area (Å²) in [7, 11) is 1.58. The highest BCUT2D eigenvalue weighted by Gasteiger charge is 2.20. The van der Waals surface area contributed by atoms with Crippen LogP contribution in [0.2, 0.25) is 0 Å². The van der Waals surface area contributed by atoms with Gasteiger partial charge >= 0.3 is 0 Å². The summed E-state index contributed by atoms with van der Waals surface area (Å²) in [6.07, 6.45) is 1.73. The average Bonchev–Trinajstić information content (AvgIpc) is 3.30. The molecular weight excluding hydrogens is 474 g/mol. The summed E-state index contributed by atoms with van der Waals surface area (Å²) < 4.78 is 6.99. The van der Waals surface area contributed by atoms with Crippen molar-refractivity contribution in [2.45, 2.75) is 24.7 Å². The predicted octanol–water partition coefficient (Wildman–Crippen LogP) is 4.85. The quantitative estimate of drug-likeness (QED) is 0.238. The molecule has 8 nitrogen and oxygen atoms in total. The van der Waals surface area contributed by atoms with Crippen LogP contribution in [0.15, 0.2) is 84.5 Å². The highest BCUT2D eigenvalue weighted by atomic mass is 32.2. The summed E-state index contributed by atoms with van der Waals surface area (Å²) in [5, 5.41) is 17.1. The number of nitrogens with one attached hydrogen (secondary N) is 2. The van der Waals surface area contributed by atoms with Gasteiger partial charge < -0.3 is 19.9 Å².